The molecule has 5 nitrogen and oxygen atoms in total. The predicted octanol–water partition coefficient (Wildman–Crippen LogP) is 5.81. The number of carbonyl (C=O) groups is 1. The molecule has 3 aromatic carbocycles. The summed E-state index contributed by atoms with van der Waals surface area (Å²) in [6, 6.07) is 24.5. The molecule has 1 aromatic heterocycles. The van der Waals surface area contributed by atoms with E-state index in [4.69, 9.17) is 4.74 Å². The van der Waals surface area contributed by atoms with Crippen LogP contribution in [-0.4, -0.2) is 15.9 Å². The van der Waals surface area contributed by atoms with E-state index in [2.05, 4.69) is 21.4 Å². The maximum Gasteiger partial charge on any atom is 0.255 e. The lowest BCUT2D eigenvalue weighted by atomic mass is 10.1. The molecular formula is C25H21N3O2. The third-order valence-electron chi connectivity index (χ3n) is 4.53. The number of ether oxygens (including phenoxy) is 1. The largest absolute Gasteiger partial charge is 0.439 e. The fourth-order valence-electron chi connectivity index (χ4n) is 3.20. The normalized spacial score (nSPS) is 10.5. The highest BCUT2D eigenvalue weighted by atomic mass is 16.5. The predicted molar refractivity (Wildman–Crippen MR) is 118 cm³/mol. The number of hydrogen-bond acceptors (Lipinski definition) is 4. The summed E-state index contributed by atoms with van der Waals surface area (Å²) in [5.74, 6) is 1.02. The zero-order chi connectivity index (χ0) is 20.9. The highest BCUT2D eigenvalue weighted by molar-refractivity contribution is 6.04. The molecule has 4 rings (SSSR count). The van der Waals surface area contributed by atoms with Gasteiger partial charge in [0, 0.05) is 22.9 Å². The van der Waals surface area contributed by atoms with Gasteiger partial charge < -0.3 is 10.1 Å². The second kappa shape index (κ2) is 8.57. The van der Waals surface area contributed by atoms with Crippen LogP contribution in [0.4, 0.5) is 5.69 Å². The number of nitrogens with zero attached hydrogens (tertiary/aromatic N) is 2. The molecule has 0 aliphatic heterocycles. The molecule has 5 heteroatoms. The smallest absolute Gasteiger partial charge is 0.255 e. The number of rotatable bonds is 5. The molecule has 1 amide bonds. The average molecular weight is 395 g/mol. The number of nitrogens with one attached hydrogen (secondary N) is 1. The van der Waals surface area contributed by atoms with Crippen LogP contribution in [0, 0.1) is 13.8 Å². The third kappa shape index (κ3) is 4.70. The number of para-hydroxylation sites is 1. The molecule has 0 saturated heterocycles. The highest BCUT2D eigenvalue weighted by Gasteiger charge is 2.09. The van der Waals surface area contributed by atoms with E-state index in [0.29, 0.717) is 17.2 Å². The first-order chi connectivity index (χ1) is 14.6. The zero-order valence-corrected chi connectivity index (χ0v) is 16.8. The number of hydrogen-bond donors (Lipinski definition) is 1. The summed E-state index contributed by atoms with van der Waals surface area (Å²) in [4.78, 5) is 21.1. The van der Waals surface area contributed by atoms with Crippen molar-refractivity contribution in [3.63, 3.8) is 0 Å². The van der Waals surface area contributed by atoms with Crippen LogP contribution in [0.1, 0.15) is 21.5 Å². The van der Waals surface area contributed by atoms with Gasteiger partial charge in [-0.05, 0) is 61.4 Å². The molecule has 0 atom stereocenters. The monoisotopic (exact) mass is 395 g/mol. The standard InChI is InChI=1S/C25H21N3O2/c1-17-12-18(2)14-21(13-17)28-25(29)20-10-8-19(9-11-20)23-15-24(27-16-26-23)30-22-6-4-3-5-7-22/h3-16H,1-2H3,(H,28,29). The summed E-state index contributed by atoms with van der Waals surface area (Å²) < 4.78 is 5.77. The van der Waals surface area contributed by atoms with Gasteiger partial charge in [-0.25, -0.2) is 9.97 Å². The lowest BCUT2D eigenvalue weighted by Crippen LogP contribution is -2.12. The van der Waals surface area contributed by atoms with Gasteiger partial charge in [0.25, 0.3) is 5.91 Å². The van der Waals surface area contributed by atoms with Gasteiger partial charge in [0.15, 0.2) is 0 Å². The van der Waals surface area contributed by atoms with Gasteiger partial charge >= 0.3 is 0 Å². The molecule has 0 unspecified atom stereocenters. The number of anilines is 1. The van der Waals surface area contributed by atoms with E-state index in [0.717, 1.165) is 28.1 Å². The molecule has 1 heterocycles. The number of amides is 1. The molecule has 0 aliphatic rings. The Morgan fingerprint density at radius 2 is 1.53 bits per heavy atom. The van der Waals surface area contributed by atoms with Crippen LogP contribution in [0.15, 0.2) is 85.2 Å². The van der Waals surface area contributed by atoms with Gasteiger partial charge in [-0.2, -0.15) is 0 Å². The fourth-order valence-corrected chi connectivity index (χ4v) is 3.20. The second-order valence-electron chi connectivity index (χ2n) is 7.06. The number of aromatic nitrogens is 2. The Bertz CT molecular complexity index is 1150. The van der Waals surface area contributed by atoms with E-state index < -0.39 is 0 Å². The van der Waals surface area contributed by atoms with Crippen molar-refractivity contribution in [3.05, 3.63) is 102 Å². The minimum Gasteiger partial charge on any atom is -0.439 e. The molecule has 148 valence electrons. The van der Waals surface area contributed by atoms with E-state index >= 15 is 0 Å². The molecule has 0 bridgehead atoms. The van der Waals surface area contributed by atoms with Gasteiger partial charge in [0.1, 0.15) is 12.1 Å². The van der Waals surface area contributed by atoms with Crippen molar-refractivity contribution in [2.45, 2.75) is 13.8 Å². The summed E-state index contributed by atoms with van der Waals surface area (Å²) in [5.41, 5.74) is 5.18. The van der Waals surface area contributed by atoms with Crippen molar-refractivity contribution in [1.29, 1.82) is 0 Å². The van der Waals surface area contributed by atoms with Crippen LogP contribution in [0.3, 0.4) is 0 Å². The third-order valence-corrected chi connectivity index (χ3v) is 4.53. The minimum absolute atomic E-state index is 0.151. The van der Waals surface area contributed by atoms with Crippen molar-refractivity contribution in [3.8, 4) is 22.9 Å². The lowest BCUT2D eigenvalue weighted by Gasteiger charge is -2.09. The van der Waals surface area contributed by atoms with E-state index in [1.165, 1.54) is 6.33 Å². The number of benzene rings is 3. The maximum atomic E-state index is 12.6. The van der Waals surface area contributed by atoms with Crippen molar-refractivity contribution in [2.75, 3.05) is 5.32 Å². The summed E-state index contributed by atoms with van der Waals surface area (Å²) in [7, 11) is 0. The Morgan fingerprint density at radius 1 is 0.833 bits per heavy atom. The van der Waals surface area contributed by atoms with Gasteiger partial charge in [0.2, 0.25) is 5.88 Å². The summed E-state index contributed by atoms with van der Waals surface area (Å²) >= 11 is 0. The number of carbonyl (C=O) groups excluding carboxylic acids is 1. The molecule has 0 spiro atoms. The van der Waals surface area contributed by atoms with Crippen LogP contribution < -0.4 is 10.1 Å². The second-order valence-corrected chi connectivity index (χ2v) is 7.06. The average Bonchev–Trinajstić information content (AvgIpc) is 2.74. The molecular weight excluding hydrogens is 374 g/mol. The summed E-state index contributed by atoms with van der Waals surface area (Å²) in [6.45, 7) is 4.02. The first-order valence-corrected chi connectivity index (χ1v) is 9.62. The van der Waals surface area contributed by atoms with Crippen LogP contribution in [0.2, 0.25) is 0 Å². The van der Waals surface area contributed by atoms with Crippen molar-refractivity contribution < 1.29 is 9.53 Å². The van der Waals surface area contributed by atoms with Gasteiger partial charge in [-0.15, -0.1) is 0 Å². The molecule has 0 aliphatic carbocycles. The molecule has 0 saturated carbocycles. The van der Waals surface area contributed by atoms with Crippen LogP contribution in [0.25, 0.3) is 11.3 Å². The molecule has 1 N–H and O–H groups in total. The Hall–Kier alpha value is -3.99. The lowest BCUT2D eigenvalue weighted by molar-refractivity contribution is 0.102. The van der Waals surface area contributed by atoms with Crippen LogP contribution >= 0.6 is 0 Å². The van der Waals surface area contributed by atoms with Gasteiger partial charge in [-0.3, -0.25) is 4.79 Å². The fraction of sp³-hybridized carbons (Fsp3) is 0.0800. The minimum atomic E-state index is -0.151. The topological polar surface area (TPSA) is 64.1 Å². The first-order valence-electron chi connectivity index (χ1n) is 9.62. The SMILES string of the molecule is Cc1cc(C)cc(NC(=O)c2ccc(-c3cc(Oc4ccccc4)ncn3)cc2)c1. The van der Waals surface area contributed by atoms with Crippen molar-refractivity contribution >= 4 is 11.6 Å². The van der Waals surface area contributed by atoms with Gasteiger partial charge in [0.05, 0.1) is 5.69 Å². The van der Waals surface area contributed by atoms with Crippen LogP contribution in [0.5, 0.6) is 11.6 Å². The summed E-state index contributed by atoms with van der Waals surface area (Å²) in [6.07, 6.45) is 1.47. The Morgan fingerprint density at radius 3 is 2.23 bits per heavy atom. The molecule has 30 heavy (non-hydrogen) atoms. The van der Waals surface area contributed by atoms with E-state index in [9.17, 15) is 4.79 Å². The molecule has 0 radical (unpaired) electrons. The maximum absolute atomic E-state index is 12.6. The van der Waals surface area contributed by atoms with E-state index in [1.54, 1.807) is 18.2 Å². The van der Waals surface area contributed by atoms with Crippen LogP contribution in [-0.2, 0) is 0 Å². The Labute approximate surface area is 175 Å². The van der Waals surface area contributed by atoms with E-state index in [-0.39, 0.29) is 5.91 Å². The Kier molecular flexibility index (Phi) is 5.52. The summed E-state index contributed by atoms with van der Waals surface area (Å²) in [5, 5.41) is 2.95. The van der Waals surface area contributed by atoms with Crippen molar-refractivity contribution in [2.24, 2.45) is 0 Å². The molecule has 4 aromatic rings. The first kappa shape index (κ1) is 19.3. The zero-order valence-electron chi connectivity index (χ0n) is 16.8. The highest BCUT2D eigenvalue weighted by Crippen LogP contribution is 2.24. The van der Waals surface area contributed by atoms with E-state index in [1.807, 2.05) is 68.4 Å². The quantitative estimate of drug-likeness (QED) is 0.463. The van der Waals surface area contributed by atoms with Gasteiger partial charge in [-0.1, -0.05) is 36.4 Å². The van der Waals surface area contributed by atoms with Crippen molar-refractivity contribution in [1.82, 2.24) is 9.97 Å². The molecule has 0 fully saturated rings. The number of aryl methyl sites for hydroxylation is 2. The Balaban J connectivity index is 1.49.